The number of sulfonamides is 1. The minimum absolute atomic E-state index is 0.00187. The Balaban J connectivity index is 1.98. The zero-order valence-electron chi connectivity index (χ0n) is 18.2. The average molecular weight is 494 g/mol. The summed E-state index contributed by atoms with van der Waals surface area (Å²) in [6.45, 7) is 1.02. The molecule has 0 spiro atoms. The second-order valence-electron chi connectivity index (χ2n) is 7.49. The molecule has 0 bridgehead atoms. The molecule has 7 nitrogen and oxygen atoms in total. The fourth-order valence-corrected chi connectivity index (χ4v) is 4.27. The van der Waals surface area contributed by atoms with E-state index < -0.39 is 34.5 Å². The highest BCUT2D eigenvalue weighted by atomic mass is 32.2. The van der Waals surface area contributed by atoms with Crippen LogP contribution in [-0.4, -0.2) is 42.4 Å². The highest BCUT2D eigenvalue weighted by Crippen LogP contribution is 2.34. The van der Waals surface area contributed by atoms with E-state index in [0.29, 0.717) is 5.56 Å². The van der Waals surface area contributed by atoms with Gasteiger partial charge in [-0.2, -0.15) is 17.5 Å². The number of carboxylic acids is 1. The number of halogens is 3. The molecule has 1 heterocycles. The quantitative estimate of drug-likeness (QED) is 0.500. The molecule has 0 aliphatic rings. The van der Waals surface area contributed by atoms with E-state index in [0.717, 1.165) is 15.9 Å². The highest BCUT2D eigenvalue weighted by Gasteiger charge is 2.32. The Labute approximate surface area is 194 Å². The lowest BCUT2D eigenvalue weighted by Crippen LogP contribution is -2.26. The zero-order valence-corrected chi connectivity index (χ0v) is 19.0. The van der Waals surface area contributed by atoms with E-state index in [1.165, 1.54) is 49.5 Å². The van der Waals surface area contributed by atoms with Crippen molar-refractivity contribution in [1.29, 1.82) is 0 Å². The number of rotatable bonds is 8. The highest BCUT2D eigenvalue weighted by molar-refractivity contribution is 7.89. The maximum Gasteiger partial charge on any atom is 0.433 e. The van der Waals surface area contributed by atoms with E-state index in [9.17, 15) is 26.4 Å². The summed E-state index contributed by atoms with van der Waals surface area (Å²) in [7, 11) is -2.45. The van der Waals surface area contributed by atoms with E-state index in [4.69, 9.17) is 9.84 Å². The Morgan fingerprint density at radius 2 is 1.76 bits per heavy atom. The van der Waals surface area contributed by atoms with Crippen molar-refractivity contribution in [3.63, 3.8) is 0 Å². The summed E-state index contributed by atoms with van der Waals surface area (Å²) in [6.07, 6.45) is -4.68. The molecule has 2 aromatic carbocycles. The molecule has 1 N–H and O–H groups in total. The van der Waals surface area contributed by atoms with Crippen LogP contribution >= 0.6 is 0 Å². The molecular weight excluding hydrogens is 473 g/mol. The predicted octanol–water partition coefficient (Wildman–Crippen LogP) is 4.36. The fraction of sp³-hybridized carbons (Fsp3) is 0.217. The number of aliphatic carboxylic acids is 1. The molecule has 0 aliphatic carbocycles. The second kappa shape index (κ2) is 9.82. The minimum atomic E-state index is -4.68. The van der Waals surface area contributed by atoms with Crippen molar-refractivity contribution in [3.8, 4) is 17.0 Å². The lowest BCUT2D eigenvalue weighted by molar-refractivity contribution is -0.141. The van der Waals surface area contributed by atoms with Gasteiger partial charge in [-0.15, -0.1) is 0 Å². The Morgan fingerprint density at radius 3 is 2.38 bits per heavy atom. The number of carboxylic acid groups (broad SMARTS) is 1. The Hall–Kier alpha value is -3.44. The van der Waals surface area contributed by atoms with Crippen LogP contribution in [-0.2, 0) is 27.5 Å². The van der Waals surface area contributed by atoms with Crippen molar-refractivity contribution in [2.24, 2.45) is 0 Å². The van der Waals surface area contributed by atoms with Gasteiger partial charge in [0.05, 0.1) is 10.6 Å². The largest absolute Gasteiger partial charge is 0.481 e. The fourth-order valence-electron chi connectivity index (χ4n) is 3.12. The van der Waals surface area contributed by atoms with Gasteiger partial charge in [0, 0.05) is 19.2 Å². The summed E-state index contributed by atoms with van der Waals surface area (Å²) in [5.74, 6) is -1.27. The molecule has 0 radical (unpaired) electrons. The maximum absolute atomic E-state index is 13.2. The number of benzene rings is 2. The van der Waals surface area contributed by atoms with Crippen LogP contribution in [0.1, 0.15) is 16.8 Å². The molecule has 1 aromatic heterocycles. The standard InChI is InChI=1S/C23H21F3N2O5S/c1-15-6-9-17(10-7-15)34(31,32)28(2)13-16-8-11-20(33-14-22(29)30)18(12-16)19-4-3-5-21(27-19)23(24,25)26/h3-12H,13-14H2,1-2H3,(H,29,30). The van der Waals surface area contributed by atoms with E-state index in [1.54, 1.807) is 12.1 Å². The van der Waals surface area contributed by atoms with Crippen LogP contribution in [0.3, 0.4) is 0 Å². The Bertz CT molecular complexity index is 1290. The van der Waals surface area contributed by atoms with Gasteiger partial charge in [-0.1, -0.05) is 29.8 Å². The van der Waals surface area contributed by atoms with Crippen LogP contribution in [0.4, 0.5) is 13.2 Å². The molecule has 0 fully saturated rings. The number of hydrogen-bond acceptors (Lipinski definition) is 5. The molecule has 3 rings (SSSR count). The van der Waals surface area contributed by atoms with Gasteiger partial charge in [-0.05, 0) is 48.9 Å². The van der Waals surface area contributed by atoms with Gasteiger partial charge < -0.3 is 9.84 Å². The molecule has 3 aromatic rings. The summed E-state index contributed by atoms with van der Waals surface area (Å²) in [4.78, 5) is 14.7. The summed E-state index contributed by atoms with van der Waals surface area (Å²) >= 11 is 0. The summed E-state index contributed by atoms with van der Waals surface area (Å²) in [5, 5.41) is 8.91. The number of pyridine rings is 1. The van der Waals surface area contributed by atoms with Gasteiger partial charge in [-0.25, -0.2) is 18.2 Å². The van der Waals surface area contributed by atoms with E-state index >= 15 is 0 Å². The van der Waals surface area contributed by atoms with Crippen molar-refractivity contribution in [1.82, 2.24) is 9.29 Å². The van der Waals surface area contributed by atoms with Crippen molar-refractivity contribution >= 4 is 16.0 Å². The van der Waals surface area contributed by atoms with Gasteiger partial charge in [0.15, 0.2) is 6.61 Å². The lowest BCUT2D eigenvalue weighted by atomic mass is 10.1. The van der Waals surface area contributed by atoms with Crippen LogP contribution < -0.4 is 4.74 Å². The Kier molecular flexibility index (Phi) is 7.27. The van der Waals surface area contributed by atoms with E-state index in [2.05, 4.69) is 4.98 Å². The predicted molar refractivity (Wildman–Crippen MR) is 118 cm³/mol. The molecule has 34 heavy (non-hydrogen) atoms. The van der Waals surface area contributed by atoms with Crippen molar-refractivity contribution in [2.45, 2.75) is 24.5 Å². The molecule has 0 saturated carbocycles. The first-order valence-corrected chi connectivity index (χ1v) is 11.4. The average Bonchev–Trinajstić information content (AvgIpc) is 2.78. The van der Waals surface area contributed by atoms with Crippen molar-refractivity contribution in [3.05, 3.63) is 77.5 Å². The molecular formula is C23H21F3N2O5S. The van der Waals surface area contributed by atoms with Gasteiger partial charge >= 0.3 is 12.1 Å². The first-order valence-electron chi connectivity index (χ1n) is 9.93. The molecule has 0 atom stereocenters. The van der Waals surface area contributed by atoms with E-state index in [1.807, 2.05) is 6.92 Å². The molecule has 0 amide bonds. The molecule has 0 aliphatic heterocycles. The minimum Gasteiger partial charge on any atom is -0.481 e. The van der Waals surface area contributed by atoms with E-state index in [-0.39, 0.29) is 28.4 Å². The van der Waals surface area contributed by atoms with Gasteiger partial charge in [-0.3, -0.25) is 0 Å². The van der Waals surface area contributed by atoms with Crippen molar-refractivity contribution < 1.29 is 36.2 Å². The molecule has 0 saturated heterocycles. The van der Waals surface area contributed by atoms with Crippen LogP contribution in [0.5, 0.6) is 5.75 Å². The number of aryl methyl sites for hydroxylation is 1. The zero-order chi connectivity index (χ0) is 25.1. The summed E-state index contributed by atoms with van der Waals surface area (Å²) in [5.41, 5.74) is 0.220. The lowest BCUT2D eigenvalue weighted by Gasteiger charge is -2.19. The number of alkyl halides is 3. The number of ether oxygens (including phenoxy) is 1. The number of nitrogens with zero attached hydrogens (tertiary/aromatic N) is 2. The monoisotopic (exact) mass is 494 g/mol. The smallest absolute Gasteiger partial charge is 0.433 e. The van der Waals surface area contributed by atoms with Crippen LogP contribution in [0.2, 0.25) is 0 Å². The van der Waals surface area contributed by atoms with Crippen LogP contribution in [0.15, 0.2) is 65.6 Å². The third-order valence-corrected chi connectivity index (χ3v) is 6.66. The number of aromatic nitrogens is 1. The molecule has 11 heteroatoms. The maximum atomic E-state index is 13.2. The van der Waals surface area contributed by atoms with Crippen LogP contribution in [0.25, 0.3) is 11.3 Å². The second-order valence-corrected chi connectivity index (χ2v) is 9.54. The normalized spacial score (nSPS) is 12.1. The molecule has 180 valence electrons. The third kappa shape index (κ3) is 5.91. The summed E-state index contributed by atoms with van der Waals surface area (Å²) in [6, 6.07) is 14.0. The SMILES string of the molecule is Cc1ccc(S(=O)(=O)N(C)Cc2ccc(OCC(=O)O)c(-c3cccc(C(F)(F)F)n3)c2)cc1. The molecule has 0 unspecified atom stereocenters. The third-order valence-electron chi connectivity index (χ3n) is 4.85. The Morgan fingerprint density at radius 1 is 1.09 bits per heavy atom. The van der Waals surface area contributed by atoms with Crippen LogP contribution in [0, 0.1) is 6.92 Å². The van der Waals surface area contributed by atoms with Crippen molar-refractivity contribution in [2.75, 3.05) is 13.7 Å². The number of carbonyl (C=O) groups is 1. The number of hydrogen-bond donors (Lipinski definition) is 1. The first kappa shape index (κ1) is 25.2. The van der Waals surface area contributed by atoms with Gasteiger partial charge in [0.1, 0.15) is 11.4 Å². The van der Waals surface area contributed by atoms with Gasteiger partial charge in [0.2, 0.25) is 10.0 Å². The van der Waals surface area contributed by atoms with Gasteiger partial charge in [0.25, 0.3) is 0 Å². The summed E-state index contributed by atoms with van der Waals surface area (Å²) < 4.78 is 71.6. The topological polar surface area (TPSA) is 96.8 Å². The first-order chi connectivity index (χ1) is 15.9.